The highest BCUT2D eigenvalue weighted by molar-refractivity contribution is 5.90. The van der Waals surface area contributed by atoms with E-state index in [0.717, 1.165) is 18.2 Å². The first-order valence-corrected chi connectivity index (χ1v) is 5.89. The average molecular weight is 292 g/mol. The summed E-state index contributed by atoms with van der Waals surface area (Å²) >= 11 is 0. The topological polar surface area (TPSA) is 41.6 Å². The van der Waals surface area contributed by atoms with Gasteiger partial charge in [0.25, 0.3) is 0 Å². The number of ether oxygens (including phenoxy) is 1. The highest BCUT2D eigenvalue weighted by Crippen LogP contribution is 2.36. The van der Waals surface area contributed by atoms with Crippen LogP contribution in [-0.2, 0) is 10.9 Å². The van der Waals surface area contributed by atoms with Gasteiger partial charge in [0.1, 0.15) is 5.82 Å². The smallest absolute Gasteiger partial charge is 0.378 e. The Hall–Kier alpha value is -1.83. The number of morpholine rings is 1. The van der Waals surface area contributed by atoms with Crippen molar-refractivity contribution < 1.29 is 27.1 Å². The van der Waals surface area contributed by atoms with Crippen LogP contribution < -0.4 is 5.32 Å². The highest BCUT2D eigenvalue weighted by atomic mass is 19.4. The molecule has 0 aromatic heterocycles. The lowest BCUT2D eigenvalue weighted by Gasteiger charge is -2.27. The van der Waals surface area contributed by atoms with Gasteiger partial charge < -0.3 is 15.0 Å². The molecule has 8 heteroatoms. The molecule has 0 spiro atoms. The van der Waals surface area contributed by atoms with Crippen molar-refractivity contribution in [3.8, 4) is 0 Å². The number of alkyl halides is 3. The molecular weight excluding hydrogens is 280 g/mol. The Bertz CT molecular complexity index is 499. The summed E-state index contributed by atoms with van der Waals surface area (Å²) in [6.45, 7) is 1.11. The van der Waals surface area contributed by atoms with Crippen molar-refractivity contribution in [2.45, 2.75) is 6.18 Å². The van der Waals surface area contributed by atoms with E-state index in [-0.39, 0.29) is 13.1 Å². The molecule has 0 atom stereocenters. The normalized spacial score (nSPS) is 16.1. The minimum Gasteiger partial charge on any atom is -0.378 e. The summed E-state index contributed by atoms with van der Waals surface area (Å²) in [5, 5.41) is 1.99. The zero-order chi connectivity index (χ0) is 14.8. The lowest BCUT2D eigenvalue weighted by Crippen LogP contribution is -2.43. The Morgan fingerprint density at radius 1 is 1.25 bits per heavy atom. The molecule has 1 aromatic rings. The number of nitrogens with one attached hydrogen (secondary N) is 1. The van der Waals surface area contributed by atoms with Gasteiger partial charge in [-0.25, -0.2) is 9.18 Å². The van der Waals surface area contributed by atoms with Gasteiger partial charge in [-0.05, 0) is 12.1 Å². The van der Waals surface area contributed by atoms with Crippen LogP contribution >= 0.6 is 0 Å². The minimum atomic E-state index is -4.74. The second kappa shape index (κ2) is 5.66. The van der Waals surface area contributed by atoms with Gasteiger partial charge in [0.15, 0.2) is 0 Å². The molecule has 1 fully saturated rings. The summed E-state index contributed by atoms with van der Waals surface area (Å²) < 4.78 is 56.9. The fraction of sp³-hybridized carbons (Fsp3) is 0.417. The van der Waals surface area contributed by atoms with Crippen LogP contribution in [0, 0.1) is 5.82 Å². The van der Waals surface area contributed by atoms with Crippen molar-refractivity contribution in [3.05, 3.63) is 29.6 Å². The van der Waals surface area contributed by atoms with E-state index in [1.54, 1.807) is 0 Å². The standard InChI is InChI=1S/C12H12F4N2O2/c13-9-3-1-2-8(12(14,15)16)10(9)17-11(19)18-4-6-20-7-5-18/h1-3H,4-7H2,(H,17,19). The molecule has 1 aliphatic rings. The minimum absolute atomic E-state index is 0.252. The number of carbonyl (C=O) groups is 1. The first-order valence-electron chi connectivity index (χ1n) is 5.89. The molecule has 2 rings (SSSR count). The zero-order valence-electron chi connectivity index (χ0n) is 10.3. The zero-order valence-corrected chi connectivity index (χ0v) is 10.3. The Labute approximate surface area is 112 Å². The van der Waals surface area contributed by atoms with Crippen LogP contribution in [0.3, 0.4) is 0 Å². The third-order valence-corrected chi connectivity index (χ3v) is 2.85. The predicted octanol–water partition coefficient (Wildman–Crippen LogP) is 2.71. The molecule has 0 bridgehead atoms. The number of para-hydroxylation sites is 1. The summed E-state index contributed by atoms with van der Waals surface area (Å²) in [5.41, 5.74) is -2.06. The van der Waals surface area contributed by atoms with Gasteiger partial charge in [0.2, 0.25) is 0 Å². The van der Waals surface area contributed by atoms with Crippen LogP contribution in [0.15, 0.2) is 18.2 Å². The molecule has 1 N–H and O–H groups in total. The quantitative estimate of drug-likeness (QED) is 0.809. The maximum atomic E-state index is 13.6. The molecule has 1 aliphatic heterocycles. The Kier molecular flexibility index (Phi) is 4.12. The van der Waals surface area contributed by atoms with Crippen LogP contribution in [0.5, 0.6) is 0 Å². The van der Waals surface area contributed by atoms with Crippen molar-refractivity contribution in [1.82, 2.24) is 4.90 Å². The lowest BCUT2D eigenvalue weighted by molar-refractivity contribution is -0.137. The van der Waals surface area contributed by atoms with Gasteiger partial charge in [-0.3, -0.25) is 0 Å². The van der Waals surface area contributed by atoms with Gasteiger partial charge in [0.05, 0.1) is 24.5 Å². The van der Waals surface area contributed by atoms with Gasteiger partial charge in [-0.1, -0.05) is 6.07 Å². The van der Waals surface area contributed by atoms with Crippen LogP contribution in [0.4, 0.5) is 28.0 Å². The molecular formula is C12H12F4N2O2. The van der Waals surface area contributed by atoms with E-state index in [2.05, 4.69) is 0 Å². The molecule has 20 heavy (non-hydrogen) atoms. The maximum absolute atomic E-state index is 13.6. The Morgan fingerprint density at radius 2 is 1.90 bits per heavy atom. The molecule has 4 nitrogen and oxygen atoms in total. The third-order valence-electron chi connectivity index (χ3n) is 2.85. The SMILES string of the molecule is O=C(Nc1c(F)cccc1C(F)(F)F)N1CCOCC1. The van der Waals surface area contributed by atoms with E-state index >= 15 is 0 Å². The lowest BCUT2D eigenvalue weighted by atomic mass is 10.1. The summed E-state index contributed by atoms with van der Waals surface area (Å²) in [6, 6.07) is 1.76. The first-order chi connectivity index (χ1) is 9.39. The average Bonchev–Trinajstić information content (AvgIpc) is 2.40. The molecule has 0 radical (unpaired) electrons. The molecule has 0 saturated carbocycles. The number of rotatable bonds is 1. The number of amides is 2. The van der Waals surface area contributed by atoms with Crippen LogP contribution in [-0.4, -0.2) is 37.2 Å². The number of urea groups is 1. The van der Waals surface area contributed by atoms with E-state index in [0.29, 0.717) is 13.2 Å². The Morgan fingerprint density at radius 3 is 2.50 bits per heavy atom. The molecule has 0 aliphatic carbocycles. The van der Waals surface area contributed by atoms with E-state index in [1.807, 2.05) is 5.32 Å². The van der Waals surface area contributed by atoms with Crippen molar-refractivity contribution in [2.24, 2.45) is 0 Å². The van der Waals surface area contributed by atoms with Crippen molar-refractivity contribution >= 4 is 11.7 Å². The largest absolute Gasteiger partial charge is 0.418 e. The molecule has 1 heterocycles. The number of benzene rings is 1. The van der Waals surface area contributed by atoms with Gasteiger partial charge in [0, 0.05) is 13.1 Å². The molecule has 1 saturated heterocycles. The van der Waals surface area contributed by atoms with Crippen molar-refractivity contribution in [1.29, 1.82) is 0 Å². The van der Waals surface area contributed by atoms with Crippen LogP contribution in [0.2, 0.25) is 0 Å². The summed E-state index contributed by atoms with van der Waals surface area (Å²) in [6.07, 6.45) is -4.74. The third kappa shape index (κ3) is 3.19. The number of nitrogens with zero attached hydrogens (tertiary/aromatic N) is 1. The fourth-order valence-electron chi connectivity index (χ4n) is 1.84. The number of halogens is 4. The molecule has 2 amide bonds. The summed E-state index contributed by atoms with van der Waals surface area (Å²) in [5.74, 6) is -1.12. The van der Waals surface area contributed by atoms with E-state index in [1.165, 1.54) is 4.90 Å². The van der Waals surface area contributed by atoms with Gasteiger partial charge >= 0.3 is 12.2 Å². The van der Waals surface area contributed by atoms with E-state index in [9.17, 15) is 22.4 Å². The van der Waals surface area contributed by atoms with Crippen LogP contribution in [0.1, 0.15) is 5.56 Å². The number of hydrogen-bond donors (Lipinski definition) is 1. The van der Waals surface area contributed by atoms with Crippen molar-refractivity contribution in [3.63, 3.8) is 0 Å². The highest BCUT2D eigenvalue weighted by Gasteiger charge is 2.35. The van der Waals surface area contributed by atoms with Gasteiger partial charge in [-0.2, -0.15) is 13.2 Å². The second-order valence-electron chi connectivity index (χ2n) is 4.19. The number of carbonyl (C=O) groups excluding carboxylic acids is 1. The van der Waals surface area contributed by atoms with Gasteiger partial charge in [-0.15, -0.1) is 0 Å². The summed E-state index contributed by atoms with van der Waals surface area (Å²) in [7, 11) is 0. The monoisotopic (exact) mass is 292 g/mol. The van der Waals surface area contributed by atoms with E-state index in [4.69, 9.17) is 4.74 Å². The number of hydrogen-bond acceptors (Lipinski definition) is 2. The van der Waals surface area contributed by atoms with Crippen molar-refractivity contribution in [2.75, 3.05) is 31.6 Å². The fourth-order valence-corrected chi connectivity index (χ4v) is 1.84. The predicted molar refractivity (Wildman–Crippen MR) is 62.8 cm³/mol. The molecule has 110 valence electrons. The first kappa shape index (κ1) is 14.6. The maximum Gasteiger partial charge on any atom is 0.418 e. The van der Waals surface area contributed by atoms with Crippen LogP contribution in [0.25, 0.3) is 0 Å². The van der Waals surface area contributed by atoms with E-state index < -0.39 is 29.3 Å². The second-order valence-corrected chi connectivity index (χ2v) is 4.19. The summed E-state index contributed by atoms with van der Waals surface area (Å²) in [4.78, 5) is 13.1. The number of anilines is 1. The Balaban J connectivity index is 2.22. The molecule has 0 unspecified atom stereocenters. The molecule has 1 aromatic carbocycles.